The van der Waals surface area contributed by atoms with Crippen LogP contribution in [0.3, 0.4) is 0 Å². The Bertz CT molecular complexity index is 1330. The van der Waals surface area contributed by atoms with E-state index in [2.05, 4.69) is 5.32 Å². The average molecular weight is 568 g/mol. The Hall–Kier alpha value is -3.50. The van der Waals surface area contributed by atoms with Gasteiger partial charge in [0.25, 0.3) is 0 Å². The first-order chi connectivity index (χ1) is 18.6. The molecule has 2 aromatic carbocycles. The molecule has 4 rings (SSSR count). The van der Waals surface area contributed by atoms with Crippen molar-refractivity contribution in [1.82, 2.24) is 4.90 Å². The molecule has 1 aromatic heterocycles. The van der Waals surface area contributed by atoms with Crippen molar-refractivity contribution in [3.8, 4) is 0 Å². The van der Waals surface area contributed by atoms with E-state index in [1.165, 1.54) is 23.1 Å². The summed E-state index contributed by atoms with van der Waals surface area (Å²) >= 11 is 2.69. The van der Waals surface area contributed by atoms with Gasteiger partial charge in [-0.25, -0.2) is 9.59 Å². The van der Waals surface area contributed by atoms with Crippen LogP contribution in [0.25, 0.3) is 0 Å². The Morgan fingerprint density at radius 3 is 2.44 bits per heavy atom. The number of fused-ring (bicyclic) bond motifs is 1. The van der Waals surface area contributed by atoms with Crippen LogP contribution in [-0.4, -0.2) is 41.6 Å². The zero-order valence-electron chi connectivity index (χ0n) is 22.5. The molecule has 0 radical (unpaired) electrons. The number of nitrogens with one attached hydrogen (secondary N) is 1. The number of benzene rings is 2. The van der Waals surface area contributed by atoms with Gasteiger partial charge in [0.2, 0.25) is 5.91 Å². The fourth-order valence-corrected chi connectivity index (χ4v) is 6.43. The van der Waals surface area contributed by atoms with Crippen molar-refractivity contribution in [2.45, 2.75) is 56.4 Å². The molecule has 0 saturated heterocycles. The van der Waals surface area contributed by atoms with Gasteiger partial charge in [-0.05, 0) is 69.5 Å². The smallest absolute Gasteiger partial charge is 0.410 e. The quantitative estimate of drug-likeness (QED) is 0.197. The molecule has 2 amide bonds. The first kappa shape index (κ1) is 28.5. The molecule has 3 N–H and O–H groups in total. The molecule has 0 bridgehead atoms. The van der Waals surface area contributed by atoms with E-state index in [-0.39, 0.29) is 12.5 Å². The summed E-state index contributed by atoms with van der Waals surface area (Å²) < 4.78 is 10.9. The number of hydrogen-bond acceptors (Lipinski definition) is 8. The number of esters is 1. The van der Waals surface area contributed by atoms with Crippen molar-refractivity contribution in [3.63, 3.8) is 0 Å². The molecule has 0 saturated carbocycles. The minimum atomic E-state index is -0.614. The molecule has 3 aromatic rings. The molecule has 2 heterocycles. The third-order valence-corrected chi connectivity index (χ3v) is 8.30. The van der Waals surface area contributed by atoms with E-state index >= 15 is 0 Å². The van der Waals surface area contributed by atoms with Crippen LogP contribution >= 0.6 is 23.1 Å². The van der Waals surface area contributed by atoms with E-state index in [1.807, 2.05) is 63.2 Å². The number of carbonyl (C=O) groups is 3. The summed E-state index contributed by atoms with van der Waals surface area (Å²) in [5.41, 5.74) is 7.86. The van der Waals surface area contributed by atoms with Gasteiger partial charge in [-0.2, -0.15) is 0 Å². The SMILES string of the molecule is CCOC(=O)c1c(NC(=O)C(Sc2ccc(N)cc2)c2ccccc2)sc2c1CCN(C(=O)OC(C)(C)C)C2. The summed E-state index contributed by atoms with van der Waals surface area (Å²) in [6.07, 6.45) is 0.0473. The fourth-order valence-electron chi connectivity index (χ4n) is 4.15. The first-order valence-electron chi connectivity index (χ1n) is 12.7. The third kappa shape index (κ3) is 7.13. The lowest BCUT2D eigenvalue weighted by atomic mass is 10.0. The van der Waals surface area contributed by atoms with Gasteiger partial charge in [0.1, 0.15) is 15.9 Å². The molecule has 0 spiro atoms. The molecular weight excluding hydrogens is 534 g/mol. The predicted molar refractivity (Wildman–Crippen MR) is 155 cm³/mol. The lowest BCUT2D eigenvalue weighted by molar-refractivity contribution is -0.115. The van der Waals surface area contributed by atoms with Gasteiger partial charge in [0.15, 0.2) is 0 Å². The summed E-state index contributed by atoms with van der Waals surface area (Å²) in [6, 6.07) is 16.8. The predicted octanol–water partition coefficient (Wildman–Crippen LogP) is 6.27. The zero-order chi connectivity index (χ0) is 28.2. The van der Waals surface area contributed by atoms with E-state index in [0.29, 0.717) is 35.8 Å². The van der Waals surface area contributed by atoms with E-state index in [9.17, 15) is 14.4 Å². The maximum absolute atomic E-state index is 13.8. The van der Waals surface area contributed by atoms with E-state index in [0.717, 1.165) is 20.9 Å². The number of carbonyl (C=O) groups excluding carboxylic acids is 3. The van der Waals surface area contributed by atoms with Crippen LogP contribution in [0.2, 0.25) is 0 Å². The van der Waals surface area contributed by atoms with Gasteiger partial charge in [-0.15, -0.1) is 23.1 Å². The second kappa shape index (κ2) is 12.1. The van der Waals surface area contributed by atoms with Crippen molar-refractivity contribution < 1.29 is 23.9 Å². The largest absolute Gasteiger partial charge is 0.462 e. The number of thioether (sulfide) groups is 1. The zero-order valence-corrected chi connectivity index (χ0v) is 24.1. The highest BCUT2D eigenvalue weighted by molar-refractivity contribution is 8.00. The topological polar surface area (TPSA) is 111 Å². The molecule has 0 aliphatic carbocycles. The number of hydrogen-bond donors (Lipinski definition) is 2. The van der Waals surface area contributed by atoms with Crippen LogP contribution < -0.4 is 11.1 Å². The van der Waals surface area contributed by atoms with Gasteiger partial charge in [-0.3, -0.25) is 4.79 Å². The van der Waals surface area contributed by atoms with Gasteiger partial charge in [-0.1, -0.05) is 30.3 Å². The number of amides is 2. The molecule has 39 heavy (non-hydrogen) atoms. The first-order valence-corrected chi connectivity index (χ1v) is 14.4. The maximum Gasteiger partial charge on any atom is 0.410 e. The van der Waals surface area contributed by atoms with E-state index < -0.39 is 22.9 Å². The fraction of sp³-hybridized carbons (Fsp3) is 0.345. The summed E-state index contributed by atoms with van der Waals surface area (Å²) in [4.78, 5) is 42.9. The Kier molecular flexibility index (Phi) is 8.87. The Labute approximate surface area is 236 Å². The van der Waals surface area contributed by atoms with Crippen molar-refractivity contribution in [2.24, 2.45) is 0 Å². The Balaban J connectivity index is 1.64. The lowest BCUT2D eigenvalue weighted by Crippen LogP contribution is -2.39. The third-order valence-electron chi connectivity index (χ3n) is 5.90. The van der Waals surface area contributed by atoms with Crippen LogP contribution in [0.4, 0.5) is 15.5 Å². The molecule has 10 heteroatoms. The van der Waals surface area contributed by atoms with E-state index in [1.54, 1.807) is 24.0 Å². The maximum atomic E-state index is 13.8. The molecule has 1 unspecified atom stereocenters. The standard InChI is InChI=1S/C29H33N3O5S2/c1-5-36-27(34)23-21-15-16-32(28(35)37-29(2,3)4)17-22(21)39-26(23)31-25(33)24(18-9-7-6-8-10-18)38-20-13-11-19(30)12-14-20/h6-14,24H,5,15-17,30H2,1-4H3,(H,31,33). The Morgan fingerprint density at radius 1 is 1.10 bits per heavy atom. The number of ether oxygens (including phenoxy) is 2. The van der Waals surface area contributed by atoms with Crippen LogP contribution in [0.5, 0.6) is 0 Å². The average Bonchev–Trinajstić information content (AvgIpc) is 3.25. The molecule has 8 nitrogen and oxygen atoms in total. The lowest BCUT2D eigenvalue weighted by Gasteiger charge is -2.30. The molecule has 1 atom stereocenters. The van der Waals surface area contributed by atoms with Crippen LogP contribution in [0, 0.1) is 0 Å². The van der Waals surface area contributed by atoms with Crippen LogP contribution in [0.1, 0.15) is 59.3 Å². The summed E-state index contributed by atoms with van der Waals surface area (Å²) in [6.45, 7) is 8.11. The number of nitrogens with zero attached hydrogens (tertiary/aromatic N) is 1. The van der Waals surface area contributed by atoms with Crippen molar-refractivity contribution in [3.05, 3.63) is 76.2 Å². The van der Waals surface area contributed by atoms with Gasteiger partial charge < -0.3 is 25.4 Å². The van der Waals surface area contributed by atoms with Crippen molar-refractivity contribution >= 4 is 51.8 Å². The van der Waals surface area contributed by atoms with Gasteiger partial charge in [0, 0.05) is 22.0 Å². The molecule has 0 fully saturated rings. The highest BCUT2D eigenvalue weighted by atomic mass is 32.2. The van der Waals surface area contributed by atoms with Gasteiger partial charge in [0.05, 0.1) is 18.7 Å². The summed E-state index contributed by atoms with van der Waals surface area (Å²) in [5, 5.41) is 2.86. The van der Waals surface area contributed by atoms with Crippen LogP contribution in [0.15, 0.2) is 59.5 Å². The molecule has 206 valence electrons. The second-order valence-electron chi connectivity index (χ2n) is 10.0. The molecule has 1 aliphatic rings. The number of thiophene rings is 1. The highest BCUT2D eigenvalue weighted by Crippen LogP contribution is 2.41. The summed E-state index contributed by atoms with van der Waals surface area (Å²) in [7, 11) is 0. The monoisotopic (exact) mass is 567 g/mol. The van der Waals surface area contributed by atoms with Gasteiger partial charge >= 0.3 is 12.1 Å². The second-order valence-corrected chi connectivity index (χ2v) is 12.3. The van der Waals surface area contributed by atoms with E-state index in [4.69, 9.17) is 15.2 Å². The minimum Gasteiger partial charge on any atom is -0.462 e. The van der Waals surface area contributed by atoms with Crippen molar-refractivity contribution in [1.29, 1.82) is 0 Å². The Morgan fingerprint density at radius 2 is 1.79 bits per heavy atom. The minimum absolute atomic E-state index is 0.209. The number of nitrogen functional groups attached to an aromatic ring is 1. The summed E-state index contributed by atoms with van der Waals surface area (Å²) in [5.74, 6) is -0.755. The number of nitrogens with two attached hydrogens (primary N) is 1. The van der Waals surface area contributed by atoms with Crippen LogP contribution in [-0.2, 0) is 27.2 Å². The number of rotatable bonds is 7. The molecule has 1 aliphatic heterocycles. The van der Waals surface area contributed by atoms with Crippen molar-refractivity contribution in [2.75, 3.05) is 24.2 Å². The number of anilines is 2. The highest BCUT2D eigenvalue weighted by Gasteiger charge is 2.33. The molecular formula is C29H33N3O5S2. The normalized spacial score (nSPS) is 13.8.